The van der Waals surface area contributed by atoms with Crippen LogP contribution in [0.1, 0.15) is 145 Å². The van der Waals surface area contributed by atoms with Crippen LogP contribution in [0.25, 0.3) is 0 Å². The van der Waals surface area contributed by atoms with Crippen molar-refractivity contribution in [3.63, 3.8) is 0 Å². The molecule has 4 aliphatic carbocycles. The molecular weight excluding hydrogens is 937 g/mol. The van der Waals surface area contributed by atoms with E-state index in [1.54, 1.807) is 0 Å². The summed E-state index contributed by atoms with van der Waals surface area (Å²) in [7, 11) is 0. The van der Waals surface area contributed by atoms with Gasteiger partial charge >= 0.3 is 23.9 Å². The third-order valence-corrected chi connectivity index (χ3v) is 16.5. The van der Waals surface area contributed by atoms with E-state index < -0.39 is 133 Å². The zero-order valence-corrected chi connectivity index (χ0v) is 42.3. The highest BCUT2D eigenvalue weighted by molar-refractivity contribution is 5.72. The summed E-state index contributed by atoms with van der Waals surface area (Å²) in [5.41, 5.74) is 6.41. The third kappa shape index (κ3) is 14.3. The summed E-state index contributed by atoms with van der Waals surface area (Å²) in [5, 5.41) is 63.5. The lowest BCUT2D eigenvalue weighted by Crippen LogP contribution is -2.62. The highest BCUT2D eigenvalue weighted by atomic mass is 16.7. The van der Waals surface area contributed by atoms with Gasteiger partial charge in [0, 0.05) is 19.7 Å². The summed E-state index contributed by atoms with van der Waals surface area (Å²) in [6.07, 6.45) is 1.99. The SMILES string of the molecule is CC(C)=CCCC(C)C1CCC2(C)C3=C(CCC12C)C1(C)CCC(O)C(C)(C)C1CC3.O=C(CC[N+](=O)[O-])OCC1OC(O)C(OC(=O)CC[N+](=O)[O-])C(OC(=O)CC[N+](=O)[O-])C1OC(=O)CC[N+](=O)[O-]. The van der Waals surface area contributed by atoms with Crippen molar-refractivity contribution in [3.8, 4) is 0 Å². The number of carbonyl (C=O) groups excluding carboxylic acids is 4. The zero-order valence-electron chi connectivity index (χ0n) is 42.3. The topological polar surface area (TPSA) is 327 Å². The molecule has 12 unspecified atom stereocenters. The molecule has 0 spiro atoms. The summed E-state index contributed by atoms with van der Waals surface area (Å²) < 4.78 is 25.1. The molecule has 1 saturated heterocycles. The number of aliphatic hydroxyl groups excluding tert-OH is 2. The Balaban J connectivity index is 0.000000317. The van der Waals surface area contributed by atoms with Crippen LogP contribution >= 0.6 is 0 Å². The van der Waals surface area contributed by atoms with Crippen molar-refractivity contribution >= 4 is 23.9 Å². The van der Waals surface area contributed by atoms with Gasteiger partial charge in [-0.1, -0.05) is 64.3 Å². The summed E-state index contributed by atoms with van der Waals surface area (Å²) in [6.45, 7) is 15.2. The van der Waals surface area contributed by atoms with E-state index in [0.717, 1.165) is 18.3 Å². The zero-order chi connectivity index (χ0) is 53.2. The summed E-state index contributed by atoms with van der Waals surface area (Å²) in [4.78, 5) is 87.3. The second-order valence-electron chi connectivity index (χ2n) is 21.4. The quantitative estimate of drug-likeness (QED) is 0.0429. The minimum absolute atomic E-state index is 0.0465. The largest absolute Gasteiger partial charge is 0.463 e. The minimum atomic E-state index is -2.22. The van der Waals surface area contributed by atoms with Crippen LogP contribution in [0, 0.1) is 79.9 Å². The lowest BCUT2D eigenvalue weighted by atomic mass is 9.43. The Morgan fingerprint density at radius 2 is 1.20 bits per heavy atom. The smallest absolute Gasteiger partial charge is 0.313 e. The van der Waals surface area contributed by atoms with E-state index >= 15 is 0 Å². The van der Waals surface area contributed by atoms with Gasteiger partial charge in [0.1, 0.15) is 38.4 Å². The van der Waals surface area contributed by atoms with E-state index in [2.05, 4.69) is 61.5 Å². The highest BCUT2D eigenvalue weighted by Crippen LogP contribution is 2.72. The van der Waals surface area contributed by atoms with Crippen molar-refractivity contribution in [1.29, 1.82) is 0 Å². The first-order valence-corrected chi connectivity index (χ1v) is 24.7. The number of rotatable bonds is 21. The first-order valence-electron chi connectivity index (χ1n) is 24.7. The van der Waals surface area contributed by atoms with Crippen molar-refractivity contribution in [2.45, 2.75) is 182 Å². The van der Waals surface area contributed by atoms with Crippen LogP contribution in [0.3, 0.4) is 0 Å². The van der Waals surface area contributed by atoms with Gasteiger partial charge in [-0.15, -0.1) is 0 Å². The monoisotopic (exact) mass is 1010 g/mol. The Bertz CT molecular complexity index is 2060. The molecule has 23 nitrogen and oxygen atoms in total. The fourth-order valence-corrected chi connectivity index (χ4v) is 12.5. The highest BCUT2D eigenvalue weighted by Gasteiger charge is 2.63. The van der Waals surface area contributed by atoms with E-state index in [1.807, 2.05) is 11.1 Å². The Hall–Kier alpha value is -5.16. The minimum Gasteiger partial charge on any atom is -0.463 e. The van der Waals surface area contributed by atoms with Gasteiger partial charge < -0.3 is 33.9 Å². The molecule has 1 heterocycles. The number of fused-ring (bicyclic) bond motifs is 4. The van der Waals surface area contributed by atoms with Crippen molar-refractivity contribution < 1.29 is 72.8 Å². The number of aliphatic hydroxyl groups is 2. The van der Waals surface area contributed by atoms with Crippen LogP contribution in [0.2, 0.25) is 0 Å². The third-order valence-electron chi connectivity index (χ3n) is 16.5. The molecule has 0 radical (unpaired) electrons. The molecule has 0 amide bonds. The second kappa shape index (κ2) is 24.5. The molecule has 2 N–H and O–H groups in total. The maximum Gasteiger partial charge on any atom is 0.313 e. The van der Waals surface area contributed by atoms with Crippen molar-refractivity contribution in [2.24, 2.45) is 39.4 Å². The summed E-state index contributed by atoms with van der Waals surface area (Å²) in [6, 6.07) is 0. The summed E-state index contributed by atoms with van der Waals surface area (Å²) in [5.74, 6) is -2.74. The number of hydrogen-bond acceptors (Lipinski definition) is 19. The lowest BCUT2D eigenvalue weighted by molar-refractivity contribution is -0.479. The van der Waals surface area contributed by atoms with E-state index in [1.165, 1.54) is 63.4 Å². The van der Waals surface area contributed by atoms with E-state index in [4.69, 9.17) is 23.7 Å². The van der Waals surface area contributed by atoms with E-state index in [9.17, 15) is 69.8 Å². The second-order valence-corrected chi connectivity index (χ2v) is 21.4. The molecule has 71 heavy (non-hydrogen) atoms. The number of ether oxygens (including phenoxy) is 5. The maximum atomic E-state index is 12.3. The van der Waals surface area contributed by atoms with Gasteiger partial charge in [0.25, 0.3) is 0 Å². The molecule has 5 rings (SSSR count). The van der Waals surface area contributed by atoms with Gasteiger partial charge in [-0.3, -0.25) is 59.6 Å². The van der Waals surface area contributed by atoms with Crippen molar-refractivity contribution in [1.82, 2.24) is 0 Å². The molecule has 1 aliphatic heterocycles. The lowest BCUT2D eigenvalue weighted by Gasteiger charge is -2.62. The number of nitrogens with zero attached hydrogens (tertiary/aromatic N) is 4. The molecule has 0 aromatic rings. The first-order chi connectivity index (χ1) is 33.1. The molecular formula is C48H74N4O19. The van der Waals surface area contributed by atoms with E-state index in [-0.39, 0.29) is 11.5 Å². The molecule has 0 aromatic carbocycles. The standard InChI is InChI=1S/C30H50O.C18H24N4O18/c1-20(2)10-9-11-21(3)22-14-18-30(8)24-12-13-25-27(4,5)26(31)16-17-28(25,6)23(24)15-19-29(22,30)7;23-11(1-5-19(28)29)36-9-10-15(38-12(24)2-6-20(30)31)16(39-13(25)3-7-21(32)33)17(18(27)37-10)40-14(26)4-8-22(34)35/h10,21-22,25-26,31H,9,11-19H2,1-8H3;10,15-18,27H,1-9H2. The molecule has 5 aliphatic rings. The van der Waals surface area contributed by atoms with E-state index in [0.29, 0.717) is 22.2 Å². The Morgan fingerprint density at radius 3 is 1.72 bits per heavy atom. The van der Waals surface area contributed by atoms with Crippen molar-refractivity contribution in [3.05, 3.63) is 63.3 Å². The first kappa shape index (κ1) is 58.4. The van der Waals surface area contributed by atoms with Gasteiger partial charge in [0.2, 0.25) is 26.2 Å². The fraction of sp³-hybridized carbons (Fsp3) is 0.833. The van der Waals surface area contributed by atoms with Gasteiger partial charge in [-0.05, 0) is 117 Å². The van der Waals surface area contributed by atoms with Crippen LogP contribution in [0.15, 0.2) is 22.8 Å². The van der Waals surface area contributed by atoms with Crippen LogP contribution < -0.4 is 0 Å². The Morgan fingerprint density at radius 1 is 0.690 bits per heavy atom. The maximum absolute atomic E-state index is 12.3. The molecule has 2 saturated carbocycles. The van der Waals surface area contributed by atoms with Crippen molar-refractivity contribution in [2.75, 3.05) is 32.8 Å². The average Bonchev–Trinajstić information content (AvgIpc) is 3.57. The van der Waals surface area contributed by atoms with Crippen LogP contribution in [-0.4, -0.2) is 123 Å². The molecule has 3 fully saturated rings. The molecule has 0 bridgehead atoms. The molecule has 23 heteroatoms. The van der Waals surface area contributed by atoms with Gasteiger partial charge in [0.15, 0.2) is 24.6 Å². The average molecular weight is 1010 g/mol. The number of carbonyl (C=O) groups is 4. The number of hydrogen-bond donors (Lipinski definition) is 2. The Labute approximate surface area is 413 Å². The van der Waals surface area contributed by atoms with Crippen LogP contribution in [0.5, 0.6) is 0 Å². The normalized spacial score (nSPS) is 31.9. The predicted molar refractivity (Wildman–Crippen MR) is 250 cm³/mol. The number of esters is 4. The Kier molecular flexibility index (Phi) is 20.2. The van der Waals surface area contributed by atoms with Crippen LogP contribution in [-0.2, 0) is 42.9 Å². The van der Waals surface area contributed by atoms with Gasteiger partial charge in [-0.2, -0.15) is 0 Å². The fourth-order valence-electron chi connectivity index (χ4n) is 12.5. The number of nitro groups is 4. The molecule has 12 atom stereocenters. The van der Waals surface area contributed by atoms with Gasteiger partial charge in [-0.25, -0.2) is 0 Å². The van der Waals surface area contributed by atoms with Gasteiger partial charge in [0.05, 0.1) is 6.10 Å². The summed E-state index contributed by atoms with van der Waals surface area (Å²) >= 11 is 0. The number of allylic oxidation sites excluding steroid dienone is 4. The predicted octanol–water partition coefficient (Wildman–Crippen LogP) is 6.13. The molecule has 400 valence electrons. The van der Waals surface area contributed by atoms with Crippen LogP contribution in [0.4, 0.5) is 0 Å². The molecule has 0 aromatic heterocycles.